The smallest absolute Gasteiger partial charge is 0.227 e. The summed E-state index contributed by atoms with van der Waals surface area (Å²) in [6.07, 6.45) is 2.78. The maximum atomic E-state index is 12.2. The van der Waals surface area contributed by atoms with Crippen LogP contribution in [-0.2, 0) is 4.79 Å². The third-order valence-corrected chi connectivity index (χ3v) is 5.57. The summed E-state index contributed by atoms with van der Waals surface area (Å²) in [4.78, 5) is 23.3. The number of carbonyl (C=O) groups is 1. The lowest BCUT2D eigenvalue weighted by atomic mass is 10.1. The van der Waals surface area contributed by atoms with E-state index in [1.807, 2.05) is 31.2 Å². The Bertz CT molecular complexity index is 900. The molecule has 180 valence electrons. The summed E-state index contributed by atoms with van der Waals surface area (Å²) in [6, 6.07) is 14.1. The average molecular weight is 566 g/mol. The van der Waals surface area contributed by atoms with Crippen LogP contribution in [0.5, 0.6) is 5.75 Å². The Morgan fingerprint density at radius 2 is 1.88 bits per heavy atom. The Morgan fingerprint density at radius 1 is 1.15 bits per heavy atom. The van der Waals surface area contributed by atoms with Gasteiger partial charge in [0.05, 0.1) is 13.2 Å². The first-order valence-electron chi connectivity index (χ1n) is 11.1. The van der Waals surface area contributed by atoms with Crippen LogP contribution in [-0.4, -0.2) is 62.1 Å². The summed E-state index contributed by atoms with van der Waals surface area (Å²) < 4.78 is 5.30. The van der Waals surface area contributed by atoms with Crippen LogP contribution in [0.3, 0.4) is 0 Å². The fraction of sp³-hybridized carbons (Fsp3) is 0.458. The van der Waals surface area contributed by atoms with E-state index in [0.29, 0.717) is 24.7 Å². The highest BCUT2D eigenvalue weighted by molar-refractivity contribution is 14.0. The van der Waals surface area contributed by atoms with Crippen molar-refractivity contribution >= 4 is 41.7 Å². The van der Waals surface area contributed by atoms with Crippen molar-refractivity contribution in [3.8, 4) is 5.75 Å². The number of methoxy groups -OCH3 is 1. The molecule has 9 heteroatoms. The quantitative estimate of drug-likeness (QED) is 0.245. The lowest BCUT2D eigenvalue weighted by Gasteiger charge is -2.29. The minimum Gasteiger partial charge on any atom is -0.497 e. The molecule has 1 aliphatic rings. The highest BCUT2D eigenvalue weighted by Crippen LogP contribution is 2.26. The number of nitrogens with zero attached hydrogens (tertiary/aromatic N) is 3. The predicted molar refractivity (Wildman–Crippen MR) is 144 cm³/mol. The Labute approximate surface area is 213 Å². The van der Waals surface area contributed by atoms with Gasteiger partial charge in [-0.25, -0.2) is 4.98 Å². The van der Waals surface area contributed by atoms with Gasteiger partial charge in [-0.05, 0) is 62.7 Å². The monoisotopic (exact) mass is 566 g/mol. The molecule has 0 radical (unpaired) electrons. The number of hydrogen-bond donors (Lipinski definition) is 3. The second kappa shape index (κ2) is 14.0. The van der Waals surface area contributed by atoms with E-state index in [1.54, 1.807) is 20.2 Å². The zero-order chi connectivity index (χ0) is 22.8. The molecule has 2 heterocycles. The van der Waals surface area contributed by atoms with Gasteiger partial charge < -0.3 is 20.7 Å². The van der Waals surface area contributed by atoms with Crippen LogP contribution in [0.1, 0.15) is 36.6 Å². The van der Waals surface area contributed by atoms with Gasteiger partial charge in [0.2, 0.25) is 5.91 Å². The summed E-state index contributed by atoms with van der Waals surface area (Å²) in [5, 5.41) is 9.48. The number of anilines is 1. The molecule has 0 saturated carbocycles. The number of aromatic nitrogens is 1. The Morgan fingerprint density at radius 3 is 2.52 bits per heavy atom. The van der Waals surface area contributed by atoms with E-state index >= 15 is 0 Å². The van der Waals surface area contributed by atoms with Gasteiger partial charge in [0.15, 0.2) is 5.96 Å². The zero-order valence-electron chi connectivity index (χ0n) is 19.6. The number of guanidine groups is 1. The van der Waals surface area contributed by atoms with Crippen LogP contribution in [0.2, 0.25) is 0 Å². The molecule has 0 bridgehead atoms. The summed E-state index contributed by atoms with van der Waals surface area (Å²) in [5.41, 5.74) is 2.12. The molecule has 2 aromatic rings. The topological polar surface area (TPSA) is 90.9 Å². The van der Waals surface area contributed by atoms with Crippen molar-refractivity contribution in [1.29, 1.82) is 0 Å². The highest BCUT2D eigenvalue weighted by Gasteiger charge is 2.23. The van der Waals surface area contributed by atoms with Crippen LogP contribution in [0.15, 0.2) is 47.5 Å². The van der Waals surface area contributed by atoms with E-state index in [1.165, 1.54) is 18.4 Å². The Balaban J connectivity index is 0.00000385. The first kappa shape index (κ1) is 26.8. The lowest BCUT2D eigenvalue weighted by Crippen LogP contribution is -2.43. The number of pyridine rings is 1. The molecule has 3 rings (SSSR count). The van der Waals surface area contributed by atoms with Crippen molar-refractivity contribution in [2.75, 3.05) is 45.7 Å². The molecule has 1 unspecified atom stereocenters. The molecular weight excluding hydrogens is 531 g/mol. The molecule has 1 aliphatic heterocycles. The molecule has 1 amide bonds. The molecule has 33 heavy (non-hydrogen) atoms. The Hall–Kier alpha value is -2.40. The fourth-order valence-corrected chi connectivity index (χ4v) is 3.86. The second-order valence-electron chi connectivity index (χ2n) is 7.87. The first-order chi connectivity index (χ1) is 15.6. The summed E-state index contributed by atoms with van der Waals surface area (Å²) in [5.74, 6) is 2.03. The number of hydrogen-bond acceptors (Lipinski definition) is 5. The van der Waals surface area contributed by atoms with Crippen LogP contribution in [0.4, 0.5) is 5.82 Å². The number of ether oxygens (including phenoxy) is 1. The minimum absolute atomic E-state index is 0. The first-order valence-corrected chi connectivity index (χ1v) is 11.1. The minimum atomic E-state index is -0.0840. The van der Waals surface area contributed by atoms with Gasteiger partial charge in [-0.15, -0.1) is 24.0 Å². The second-order valence-corrected chi connectivity index (χ2v) is 7.87. The van der Waals surface area contributed by atoms with Crippen molar-refractivity contribution in [3.63, 3.8) is 0 Å². The van der Waals surface area contributed by atoms with E-state index in [2.05, 4.69) is 43.0 Å². The standard InChI is InChI=1S/C24H34N6O2.HI/c1-18-7-6-8-22(28-18)29-23(31)13-14-26-24(25-2)27-17-21(30-15-4-5-16-30)19-9-11-20(32-3)12-10-19;/h6-12,21H,4-5,13-17H2,1-3H3,(H2,25,26,27)(H,28,29,31);1H. The molecule has 1 aromatic carbocycles. The molecule has 1 saturated heterocycles. The molecule has 8 nitrogen and oxygen atoms in total. The van der Waals surface area contributed by atoms with E-state index in [-0.39, 0.29) is 35.9 Å². The number of benzene rings is 1. The highest BCUT2D eigenvalue weighted by atomic mass is 127. The summed E-state index contributed by atoms with van der Waals surface area (Å²) in [6.45, 7) is 5.29. The predicted octanol–water partition coefficient (Wildman–Crippen LogP) is 3.35. The number of nitrogens with one attached hydrogen (secondary N) is 3. The average Bonchev–Trinajstić information content (AvgIpc) is 3.33. The lowest BCUT2D eigenvalue weighted by molar-refractivity contribution is -0.116. The SMILES string of the molecule is CN=C(NCCC(=O)Nc1cccc(C)n1)NCC(c1ccc(OC)cc1)N1CCCC1.I. The van der Waals surface area contributed by atoms with Gasteiger partial charge in [0.25, 0.3) is 0 Å². The largest absolute Gasteiger partial charge is 0.497 e. The number of aliphatic imine (C=N–C) groups is 1. The fourth-order valence-electron chi connectivity index (χ4n) is 3.86. The number of rotatable bonds is 9. The number of aryl methyl sites for hydroxylation is 1. The van der Waals surface area contributed by atoms with Crippen LogP contribution in [0, 0.1) is 6.92 Å². The van der Waals surface area contributed by atoms with Crippen molar-refractivity contribution in [1.82, 2.24) is 20.5 Å². The van der Waals surface area contributed by atoms with Gasteiger partial charge in [-0.3, -0.25) is 14.7 Å². The number of carbonyl (C=O) groups excluding carboxylic acids is 1. The normalized spacial score (nSPS) is 14.8. The molecule has 0 spiro atoms. The number of amides is 1. The number of likely N-dealkylation sites (tertiary alicyclic amines) is 1. The van der Waals surface area contributed by atoms with Crippen molar-refractivity contribution in [2.45, 2.75) is 32.2 Å². The van der Waals surface area contributed by atoms with Gasteiger partial charge >= 0.3 is 0 Å². The number of halogens is 1. The third kappa shape index (κ3) is 8.47. The summed E-state index contributed by atoms with van der Waals surface area (Å²) >= 11 is 0. The molecule has 1 atom stereocenters. The van der Waals surface area contributed by atoms with E-state index in [9.17, 15) is 4.79 Å². The van der Waals surface area contributed by atoms with E-state index < -0.39 is 0 Å². The molecule has 0 aliphatic carbocycles. The molecule has 3 N–H and O–H groups in total. The van der Waals surface area contributed by atoms with Crippen LogP contribution < -0.4 is 20.7 Å². The summed E-state index contributed by atoms with van der Waals surface area (Å²) in [7, 11) is 3.42. The zero-order valence-corrected chi connectivity index (χ0v) is 22.0. The molecule has 1 aromatic heterocycles. The van der Waals surface area contributed by atoms with Crippen LogP contribution in [0.25, 0.3) is 0 Å². The van der Waals surface area contributed by atoms with E-state index in [0.717, 1.165) is 31.1 Å². The molecular formula is C24H35IN6O2. The third-order valence-electron chi connectivity index (χ3n) is 5.57. The maximum Gasteiger partial charge on any atom is 0.227 e. The van der Waals surface area contributed by atoms with Gasteiger partial charge in [-0.1, -0.05) is 18.2 Å². The van der Waals surface area contributed by atoms with Crippen molar-refractivity contribution in [2.24, 2.45) is 4.99 Å². The van der Waals surface area contributed by atoms with Gasteiger partial charge in [0.1, 0.15) is 11.6 Å². The maximum absolute atomic E-state index is 12.2. The van der Waals surface area contributed by atoms with Crippen LogP contribution >= 0.6 is 24.0 Å². The van der Waals surface area contributed by atoms with Gasteiger partial charge in [0, 0.05) is 32.3 Å². The van der Waals surface area contributed by atoms with Gasteiger partial charge in [-0.2, -0.15) is 0 Å². The van der Waals surface area contributed by atoms with Crippen molar-refractivity contribution < 1.29 is 9.53 Å². The Kier molecular flexibility index (Phi) is 11.4. The molecule has 1 fully saturated rings. The van der Waals surface area contributed by atoms with E-state index in [4.69, 9.17) is 4.74 Å². The van der Waals surface area contributed by atoms with Crippen molar-refractivity contribution in [3.05, 3.63) is 53.7 Å².